The third-order valence-electron chi connectivity index (χ3n) is 8.76. The van der Waals surface area contributed by atoms with E-state index in [2.05, 4.69) is 89.8 Å². The second-order valence-corrected chi connectivity index (χ2v) is 11.8. The Bertz CT molecular complexity index is 1150. The summed E-state index contributed by atoms with van der Waals surface area (Å²) in [5.41, 5.74) is 8.84. The molecule has 0 saturated carbocycles. The highest BCUT2D eigenvalue weighted by Crippen LogP contribution is 2.28. The van der Waals surface area contributed by atoms with Crippen molar-refractivity contribution in [1.82, 2.24) is 10.3 Å². The molecular formula is C37H54N4. The molecule has 1 aromatic heterocycles. The van der Waals surface area contributed by atoms with Crippen LogP contribution in [0.15, 0.2) is 60.8 Å². The van der Waals surface area contributed by atoms with Gasteiger partial charge >= 0.3 is 0 Å². The third kappa shape index (κ3) is 9.60. The van der Waals surface area contributed by atoms with Crippen molar-refractivity contribution in [3.05, 3.63) is 88.6 Å². The number of piperidine rings is 1. The fourth-order valence-electron chi connectivity index (χ4n) is 6.25. The molecule has 1 saturated heterocycles. The number of unbranched alkanes of at least 4 members (excludes halogenated alkanes) is 2. The summed E-state index contributed by atoms with van der Waals surface area (Å²) in [6, 6.07) is 20.6. The van der Waals surface area contributed by atoms with E-state index in [0.29, 0.717) is 0 Å². The Morgan fingerprint density at radius 3 is 2.46 bits per heavy atom. The van der Waals surface area contributed by atoms with E-state index < -0.39 is 0 Å². The van der Waals surface area contributed by atoms with Crippen LogP contribution in [0.25, 0.3) is 0 Å². The van der Waals surface area contributed by atoms with Crippen LogP contribution in [0, 0.1) is 0 Å². The number of aromatic nitrogens is 1. The maximum atomic E-state index is 4.45. The zero-order valence-electron chi connectivity index (χ0n) is 26.1. The van der Waals surface area contributed by atoms with Crippen molar-refractivity contribution in [1.29, 1.82) is 0 Å². The number of nitrogens with one attached hydrogen (secondary N) is 2. The van der Waals surface area contributed by atoms with Crippen molar-refractivity contribution < 1.29 is 0 Å². The van der Waals surface area contributed by atoms with E-state index in [0.717, 1.165) is 31.1 Å². The highest BCUT2D eigenvalue weighted by molar-refractivity contribution is 5.57. The number of rotatable bonds is 12. The number of aryl methyl sites for hydroxylation is 4. The summed E-state index contributed by atoms with van der Waals surface area (Å²) in [5, 5.41) is 6.94. The summed E-state index contributed by atoms with van der Waals surface area (Å²) < 4.78 is 0. The first kappa shape index (κ1) is 31.1. The minimum atomic E-state index is 0.760. The number of fused-ring (bicyclic) bond motifs is 1. The summed E-state index contributed by atoms with van der Waals surface area (Å²) in [6.45, 7) is 12.5. The average molecular weight is 555 g/mol. The van der Waals surface area contributed by atoms with Crippen molar-refractivity contribution in [3.8, 4) is 0 Å². The lowest BCUT2D eigenvalue weighted by Gasteiger charge is -2.31. The van der Waals surface area contributed by atoms with Gasteiger partial charge < -0.3 is 15.5 Å². The molecule has 2 N–H and O–H groups in total. The van der Waals surface area contributed by atoms with E-state index in [4.69, 9.17) is 0 Å². The molecule has 0 atom stereocenters. The monoisotopic (exact) mass is 554 g/mol. The molecule has 0 radical (unpaired) electrons. The Kier molecular flexibility index (Phi) is 13.0. The fraction of sp³-hybridized carbons (Fsp3) is 0.541. The Morgan fingerprint density at radius 2 is 1.71 bits per heavy atom. The molecule has 0 bridgehead atoms. The Hall–Kier alpha value is -2.85. The van der Waals surface area contributed by atoms with Crippen molar-refractivity contribution in [3.63, 3.8) is 0 Å². The largest absolute Gasteiger partial charge is 0.371 e. The number of hydrogen-bond acceptors (Lipinski definition) is 4. The molecule has 41 heavy (non-hydrogen) atoms. The van der Waals surface area contributed by atoms with Gasteiger partial charge in [-0.2, -0.15) is 0 Å². The number of anilines is 2. The minimum Gasteiger partial charge on any atom is -0.371 e. The van der Waals surface area contributed by atoms with Crippen molar-refractivity contribution in [2.75, 3.05) is 42.9 Å². The molecular weight excluding hydrogens is 500 g/mol. The van der Waals surface area contributed by atoms with Gasteiger partial charge in [0.05, 0.1) is 0 Å². The van der Waals surface area contributed by atoms with Gasteiger partial charge in [-0.25, -0.2) is 4.98 Å². The van der Waals surface area contributed by atoms with Crippen LogP contribution >= 0.6 is 0 Å². The molecule has 0 spiro atoms. The van der Waals surface area contributed by atoms with E-state index in [-0.39, 0.29) is 0 Å². The number of hydrogen-bond donors (Lipinski definition) is 2. The second-order valence-electron chi connectivity index (χ2n) is 11.8. The summed E-state index contributed by atoms with van der Waals surface area (Å²) >= 11 is 0. The number of benzene rings is 2. The normalized spacial score (nSPS) is 15.1. The van der Waals surface area contributed by atoms with Crippen LogP contribution in [0.4, 0.5) is 11.5 Å². The first-order valence-electron chi connectivity index (χ1n) is 16.6. The molecule has 3 aromatic rings. The topological polar surface area (TPSA) is 40.2 Å². The minimum absolute atomic E-state index is 0.760. The molecule has 0 aliphatic carbocycles. The standard InChI is InChI=1S/C23H33N3.C14H21N/c1-2-20-8-6-16-26-23(20)25-15-5-3-4-7-19-9-11-21(12-10-19)22-13-17-24-18-14-22;1-3-9-15-10-5-6-13-8-7-12(4-2)11-14(13)15/h6,8-12,16,22,24H,2-5,7,13-15,17-18H2,1H3,(H,25,26);7-8,11H,3-6,9-10H2,1-2H3. The quantitative estimate of drug-likeness (QED) is 0.221. The zero-order valence-corrected chi connectivity index (χ0v) is 26.1. The van der Waals surface area contributed by atoms with Gasteiger partial charge in [-0.3, -0.25) is 0 Å². The highest BCUT2D eigenvalue weighted by atomic mass is 15.1. The van der Waals surface area contributed by atoms with Gasteiger partial charge in [0.2, 0.25) is 0 Å². The molecule has 222 valence electrons. The molecule has 4 nitrogen and oxygen atoms in total. The highest BCUT2D eigenvalue weighted by Gasteiger charge is 2.16. The van der Waals surface area contributed by atoms with Gasteiger partial charge in [0.25, 0.3) is 0 Å². The summed E-state index contributed by atoms with van der Waals surface area (Å²) in [5.74, 6) is 1.82. The predicted octanol–water partition coefficient (Wildman–Crippen LogP) is 8.35. The Morgan fingerprint density at radius 1 is 0.902 bits per heavy atom. The molecule has 3 heterocycles. The number of nitrogens with zero attached hydrogens (tertiary/aromatic N) is 2. The van der Waals surface area contributed by atoms with E-state index in [1.54, 1.807) is 5.56 Å². The van der Waals surface area contributed by atoms with Crippen LogP contribution in [0.1, 0.15) is 99.5 Å². The lowest BCUT2D eigenvalue weighted by Crippen LogP contribution is -2.30. The first-order chi connectivity index (χ1) is 20.2. The van der Waals surface area contributed by atoms with Crippen molar-refractivity contribution in [2.45, 2.75) is 97.3 Å². The molecule has 0 amide bonds. The SMILES string of the molecule is CCCN1CCCc2ccc(CC)cc21.CCc1cccnc1NCCCCCc1ccc(C2CCNCC2)cc1. The molecule has 1 fully saturated rings. The van der Waals surface area contributed by atoms with Crippen LogP contribution in [0.5, 0.6) is 0 Å². The maximum absolute atomic E-state index is 4.45. The van der Waals surface area contributed by atoms with Gasteiger partial charge in [0.1, 0.15) is 5.82 Å². The van der Waals surface area contributed by atoms with Crippen molar-refractivity contribution in [2.24, 2.45) is 0 Å². The van der Waals surface area contributed by atoms with Crippen LogP contribution in [0.2, 0.25) is 0 Å². The van der Waals surface area contributed by atoms with Gasteiger partial charge in [0, 0.05) is 31.5 Å². The lowest BCUT2D eigenvalue weighted by atomic mass is 9.89. The summed E-state index contributed by atoms with van der Waals surface area (Å²) in [7, 11) is 0. The Balaban J connectivity index is 0.000000218. The molecule has 2 aliphatic heterocycles. The van der Waals surface area contributed by atoms with Gasteiger partial charge in [-0.15, -0.1) is 0 Å². The van der Waals surface area contributed by atoms with E-state index in [9.17, 15) is 0 Å². The summed E-state index contributed by atoms with van der Waals surface area (Å²) in [6.07, 6.45) is 15.3. The fourth-order valence-corrected chi connectivity index (χ4v) is 6.25. The lowest BCUT2D eigenvalue weighted by molar-refractivity contribution is 0.460. The average Bonchev–Trinajstić information content (AvgIpc) is 3.04. The van der Waals surface area contributed by atoms with Crippen LogP contribution < -0.4 is 15.5 Å². The molecule has 5 rings (SSSR count). The van der Waals surface area contributed by atoms with Gasteiger partial charge in [0.15, 0.2) is 0 Å². The molecule has 0 unspecified atom stereocenters. The van der Waals surface area contributed by atoms with Gasteiger partial charge in [-0.05, 0) is 123 Å². The van der Waals surface area contributed by atoms with Crippen molar-refractivity contribution >= 4 is 11.5 Å². The predicted molar refractivity (Wildman–Crippen MR) is 178 cm³/mol. The van der Waals surface area contributed by atoms with E-state index >= 15 is 0 Å². The third-order valence-corrected chi connectivity index (χ3v) is 8.76. The zero-order chi connectivity index (χ0) is 28.7. The molecule has 2 aromatic carbocycles. The second kappa shape index (κ2) is 17.2. The van der Waals surface area contributed by atoms with Crippen LogP contribution in [-0.4, -0.2) is 37.7 Å². The smallest absolute Gasteiger partial charge is 0.129 e. The van der Waals surface area contributed by atoms with Crippen LogP contribution in [-0.2, 0) is 25.7 Å². The molecule has 4 heteroatoms. The summed E-state index contributed by atoms with van der Waals surface area (Å²) in [4.78, 5) is 7.00. The van der Waals surface area contributed by atoms with E-state index in [1.165, 1.54) is 112 Å². The maximum Gasteiger partial charge on any atom is 0.129 e. The van der Waals surface area contributed by atoms with Crippen LogP contribution in [0.3, 0.4) is 0 Å². The van der Waals surface area contributed by atoms with Gasteiger partial charge in [-0.1, -0.05) is 69.7 Å². The van der Waals surface area contributed by atoms with E-state index in [1.807, 2.05) is 12.3 Å². The Labute approximate surface area is 250 Å². The first-order valence-corrected chi connectivity index (χ1v) is 16.6. The molecule has 2 aliphatic rings. The number of pyridine rings is 1.